The number of nitrogens with two attached hydrogens (primary N) is 1. The highest BCUT2D eigenvalue weighted by Crippen LogP contribution is 2.42. The van der Waals surface area contributed by atoms with Crippen LogP contribution in [0.25, 0.3) is 15.7 Å². The van der Waals surface area contributed by atoms with E-state index in [1.807, 2.05) is 6.07 Å². The summed E-state index contributed by atoms with van der Waals surface area (Å²) in [6, 6.07) is 15.1. The number of nitrogens with one attached hydrogen (secondary N) is 1. The van der Waals surface area contributed by atoms with E-state index in [0.717, 1.165) is 5.56 Å². The number of para-hydroxylation sites is 1. The van der Waals surface area contributed by atoms with Crippen LogP contribution in [0.1, 0.15) is 17.9 Å². The van der Waals surface area contributed by atoms with E-state index >= 15 is 0 Å². The van der Waals surface area contributed by atoms with Crippen LogP contribution in [0.5, 0.6) is 11.5 Å². The van der Waals surface area contributed by atoms with Gasteiger partial charge in [0.2, 0.25) is 11.6 Å². The number of benzene rings is 3. The van der Waals surface area contributed by atoms with Gasteiger partial charge in [0.15, 0.2) is 11.6 Å². The van der Waals surface area contributed by atoms with Gasteiger partial charge in [-0.3, -0.25) is 4.79 Å². The summed E-state index contributed by atoms with van der Waals surface area (Å²) in [6.07, 6.45) is 0.273. The first kappa shape index (κ1) is 27.3. The summed E-state index contributed by atoms with van der Waals surface area (Å²) in [6.45, 7) is 8.51. The van der Waals surface area contributed by atoms with Crippen molar-refractivity contribution in [3.05, 3.63) is 81.6 Å². The largest absolute Gasteiger partial charge is 0.465 e. The molecule has 10 nitrogen and oxygen atoms in total. The topological polar surface area (TPSA) is 116 Å². The molecule has 0 unspecified atom stereocenters. The van der Waals surface area contributed by atoms with E-state index in [1.54, 1.807) is 60.5 Å². The molecule has 204 valence electrons. The van der Waals surface area contributed by atoms with E-state index < -0.39 is 6.03 Å². The number of anilines is 2. The Morgan fingerprint density at radius 1 is 1.20 bits per heavy atom. The van der Waals surface area contributed by atoms with E-state index in [2.05, 4.69) is 15.3 Å². The van der Waals surface area contributed by atoms with Crippen LogP contribution in [-0.2, 0) is 9.53 Å². The number of methoxy groups -OCH3 is 1. The minimum Gasteiger partial charge on any atom is -0.465 e. The maximum atomic E-state index is 13.1. The van der Waals surface area contributed by atoms with Crippen LogP contribution in [0, 0.1) is 6.57 Å². The average Bonchev–Trinajstić information content (AvgIpc) is 3.50. The number of aromatic nitrogens is 2. The summed E-state index contributed by atoms with van der Waals surface area (Å²) in [5.74, 6) is 0.543. The van der Waals surface area contributed by atoms with Crippen molar-refractivity contribution in [2.45, 2.75) is 12.3 Å². The van der Waals surface area contributed by atoms with E-state index in [-0.39, 0.29) is 35.5 Å². The fourth-order valence-electron chi connectivity index (χ4n) is 4.62. The number of ether oxygens (including phenoxy) is 2. The van der Waals surface area contributed by atoms with Crippen molar-refractivity contribution in [2.24, 2.45) is 0 Å². The smallest absolute Gasteiger partial charge is 0.342 e. The lowest BCUT2D eigenvalue weighted by Crippen LogP contribution is -2.31. The Kier molecular flexibility index (Phi) is 7.80. The number of halogens is 2. The van der Waals surface area contributed by atoms with Crippen LogP contribution < -0.4 is 20.7 Å². The van der Waals surface area contributed by atoms with Gasteiger partial charge in [-0.1, -0.05) is 41.4 Å². The number of nitrogen functional groups attached to an aromatic ring is 1. The summed E-state index contributed by atoms with van der Waals surface area (Å²) in [7, 11) is 1.55. The van der Waals surface area contributed by atoms with Gasteiger partial charge in [0, 0.05) is 43.6 Å². The molecule has 0 radical (unpaired) electrons. The van der Waals surface area contributed by atoms with Crippen LogP contribution >= 0.6 is 23.2 Å². The number of amides is 2. The molecule has 4 aromatic rings. The average molecular weight is 579 g/mol. The molecule has 0 saturated carbocycles. The maximum Gasteiger partial charge on any atom is 0.342 e. The second kappa shape index (κ2) is 11.4. The second-order valence-electron chi connectivity index (χ2n) is 9.12. The van der Waals surface area contributed by atoms with Crippen LogP contribution in [0.15, 0.2) is 54.6 Å². The number of carbonyl (C=O) groups is 2. The third kappa shape index (κ3) is 5.27. The van der Waals surface area contributed by atoms with Crippen molar-refractivity contribution in [1.82, 2.24) is 15.1 Å². The van der Waals surface area contributed by atoms with Crippen molar-refractivity contribution in [3.63, 3.8) is 0 Å². The zero-order valence-electron chi connectivity index (χ0n) is 21.4. The van der Waals surface area contributed by atoms with E-state index in [0.29, 0.717) is 52.1 Å². The van der Waals surface area contributed by atoms with Gasteiger partial charge in [0.05, 0.1) is 28.7 Å². The lowest BCUT2D eigenvalue weighted by atomic mass is 9.98. The molecule has 1 fully saturated rings. The van der Waals surface area contributed by atoms with Gasteiger partial charge in [-0.05, 0) is 42.0 Å². The zero-order valence-corrected chi connectivity index (χ0v) is 22.9. The fourth-order valence-corrected chi connectivity index (χ4v) is 4.98. The van der Waals surface area contributed by atoms with Gasteiger partial charge in [0.25, 0.3) is 0 Å². The predicted molar refractivity (Wildman–Crippen MR) is 154 cm³/mol. The van der Waals surface area contributed by atoms with E-state index in [1.165, 1.54) is 4.68 Å². The molecule has 0 spiro atoms. The van der Waals surface area contributed by atoms with Crippen LogP contribution in [0.3, 0.4) is 0 Å². The Morgan fingerprint density at radius 3 is 2.80 bits per heavy atom. The molecule has 1 aliphatic rings. The second-order valence-corrected chi connectivity index (χ2v) is 9.93. The fraction of sp³-hybridized carbons (Fsp3) is 0.214. The molecule has 2 amide bonds. The van der Waals surface area contributed by atoms with Gasteiger partial charge >= 0.3 is 6.03 Å². The monoisotopic (exact) mass is 578 g/mol. The lowest BCUT2D eigenvalue weighted by molar-refractivity contribution is -0.117. The molecule has 1 atom stereocenters. The summed E-state index contributed by atoms with van der Waals surface area (Å²) in [4.78, 5) is 30.8. The Labute approximate surface area is 240 Å². The van der Waals surface area contributed by atoms with Crippen LogP contribution in [0.4, 0.5) is 22.0 Å². The number of fused-ring (bicyclic) bond motifs is 1. The van der Waals surface area contributed by atoms with Crippen LogP contribution in [0.2, 0.25) is 10.0 Å². The molecule has 1 saturated heterocycles. The zero-order chi connectivity index (χ0) is 28.4. The first-order valence-electron chi connectivity index (χ1n) is 12.3. The first-order valence-corrected chi connectivity index (χ1v) is 13.0. The highest BCUT2D eigenvalue weighted by atomic mass is 35.5. The summed E-state index contributed by atoms with van der Waals surface area (Å²) in [5.41, 5.74) is 8.41. The Balaban J connectivity index is 1.38. The normalized spacial score (nSPS) is 14.9. The molecule has 0 aliphatic carbocycles. The molecule has 3 N–H and O–H groups in total. The number of hydrogen-bond donors (Lipinski definition) is 2. The SMILES string of the molecule is [C-]#[N+]c1cccc(Cl)c1Oc1cc([C@H]2CC(=O)N(c3ccc4c(c3)c(N)nn4C(=O)NCCOC)C2)ccc1Cl. The third-order valence-corrected chi connectivity index (χ3v) is 7.22. The van der Waals surface area contributed by atoms with Crippen molar-refractivity contribution in [3.8, 4) is 11.5 Å². The van der Waals surface area contributed by atoms with E-state index in [4.69, 9.17) is 45.0 Å². The van der Waals surface area contributed by atoms with Gasteiger partial charge < -0.3 is 25.4 Å². The Bertz CT molecular complexity index is 1660. The Morgan fingerprint density at radius 2 is 2.02 bits per heavy atom. The molecule has 1 aromatic heterocycles. The van der Waals surface area contributed by atoms with Gasteiger partial charge in [0.1, 0.15) is 5.75 Å². The molecule has 2 heterocycles. The predicted octanol–water partition coefficient (Wildman–Crippen LogP) is 5.99. The maximum absolute atomic E-state index is 13.1. The van der Waals surface area contributed by atoms with Crippen molar-refractivity contribution < 1.29 is 19.1 Å². The summed E-state index contributed by atoms with van der Waals surface area (Å²) < 4.78 is 12.1. The Hall–Kier alpha value is -4.30. The molecular weight excluding hydrogens is 555 g/mol. The summed E-state index contributed by atoms with van der Waals surface area (Å²) >= 11 is 12.7. The number of nitrogens with zero attached hydrogens (tertiary/aromatic N) is 4. The minimum absolute atomic E-state index is 0.0635. The molecule has 1 aliphatic heterocycles. The highest BCUT2D eigenvalue weighted by Gasteiger charge is 2.32. The molecule has 40 heavy (non-hydrogen) atoms. The number of rotatable bonds is 7. The number of carbonyl (C=O) groups excluding carboxylic acids is 2. The van der Waals surface area contributed by atoms with Crippen molar-refractivity contribution >= 4 is 63.2 Å². The van der Waals surface area contributed by atoms with E-state index in [9.17, 15) is 9.59 Å². The third-order valence-electron chi connectivity index (χ3n) is 6.61. The van der Waals surface area contributed by atoms with Crippen LogP contribution in [-0.4, -0.2) is 48.5 Å². The first-order chi connectivity index (χ1) is 19.3. The summed E-state index contributed by atoms with van der Waals surface area (Å²) in [5, 5.41) is 8.10. The van der Waals surface area contributed by atoms with Gasteiger partial charge in [-0.25, -0.2) is 9.64 Å². The number of hydrogen-bond acceptors (Lipinski definition) is 6. The lowest BCUT2D eigenvalue weighted by Gasteiger charge is -2.18. The van der Waals surface area contributed by atoms with Crippen molar-refractivity contribution in [1.29, 1.82) is 0 Å². The molecule has 0 bridgehead atoms. The molecule has 5 rings (SSSR count). The molecule has 12 heteroatoms. The molecular formula is C28H24Cl2N6O4. The quantitative estimate of drug-likeness (QED) is 0.205. The highest BCUT2D eigenvalue weighted by molar-refractivity contribution is 6.33. The standard InChI is InChI=1S/C28H24Cl2N6O4/c1-32-22-5-3-4-21(30)26(22)40-24-12-16(6-8-20(24)29)17-13-25(37)35(15-17)18-7-9-23-19(14-18)27(31)34-36(23)28(38)33-10-11-39-2/h3-9,12,14,17H,10-11,13,15H2,2H3,(H2,31,34)(H,33,38)/t17-/m0/s1. The van der Waals surface area contributed by atoms with Gasteiger partial charge in [-0.2, -0.15) is 4.68 Å². The van der Waals surface area contributed by atoms with Gasteiger partial charge in [-0.15, -0.1) is 5.10 Å². The minimum atomic E-state index is -0.426. The van der Waals surface area contributed by atoms with Crippen molar-refractivity contribution in [2.75, 3.05) is 37.4 Å². The molecule has 3 aromatic carbocycles.